The smallest absolute Gasteiger partial charge is 0.307 e. The van der Waals surface area contributed by atoms with E-state index in [0.717, 1.165) is 11.8 Å². The Morgan fingerprint density at radius 3 is 0.612 bits per heavy atom. The van der Waals surface area contributed by atoms with Crippen LogP contribution in [-0.2, 0) is 87.0 Å². The van der Waals surface area contributed by atoms with Crippen molar-refractivity contribution in [3.05, 3.63) is 29.8 Å². The van der Waals surface area contributed by atoms with Crippen LogP contribution >= 0.6 is 11.8 Å². The van der Waals surface area contributed by atoms with Crippen molar-refractivity contribution >= 4 is 17.7 Å². The molecule has 30 heterocycles. The van der Waals surface area contributed by atoms with Crippen LogP contribution in [0.5, 0.6) is 0 Å². The van der Waals surface area contributed by atoms with Gasteiger partial charge in [0.05, 0.1) is 58.8 Å². The summed E-state index contributed by atoms with van der Waals surface area (Å²) in [5.41, 5.74) is 0.412. The number of carbonyl (C=O) groups is 1. The van der Waals surface area contributed by atoms with Crippen LogP contribution in [-0.4, -0.2) is 426 Å². The minimum atomic E-state index is -2.27. The van der Waals surface area contributed by atoms with Gasteiger partial charge in [-0.3, -0.25) is 4.79 Å². The van der Waals surface area contributed by atoms with Gasteiger partial charge < -0.3 is 198 Å². The highest BCUT2D eigenvalue weighted by Gasteiger charge is 2.60. The van der Waals surface area contributed by atoms with E-state index in [1.54, 1.807) is 0 Å². The van der Waals surface area contributed by atoms with Crippen LogP contribution in [0.25, 0.3) is 0 Å². The molecular formula is C56H86O41S. The van der Waals surface area contributed by atoms with Gasteiger partial charge in [-0.15, -0.1) is 11.8 Å². The fraction of sp³-hybridized carbons (Fsp3) is 0.875. The molecule has 0 spiro atoms. The third-order valence-electron chi connectivity index (χ3n) is 18.4. The van der Waals surface area contributed by atoms with Crippen LogP contribution in [0.1, 0.15) is 5.56 Å². The highest BCUT2D eigenvalue weighted by Crippen LogP contribution is 2.41. The lowest BCUT2D eigenvalue weighted by molar-refractivity contribution is -0.403. The monoisotopic (exact) mass is 1450 g/mol. The van der Waals surface area contributed by atoms with Crippen molar-refractivity contribution in [1.29, 1.82) is 0 Å². The first-order valence-corrected chi connectivity index (χ1v) is 32.3. The maximum absolute atomic E-state index is 11.9. The number of hydrogen-bond donors (Lipinski definition) is 24. The van der Waals surface area contributed by atoms with Crippen LogP contribution in [0, 0.1) is 0 Å². The SMILES string of the molecule is O=C(O)Cc1ccc(SC[C@H]2O[C@@H]3O[C@H]4[C@H](O)[C@@H](O)[C@@H](O[C@H]5[C@H](O)[C@@H](O)[C@@H](O[C@H]6[C@H](O)[C@@H](O)[C@@H](O[C@H]7[C@H](O)[C@@H](O)[C@@H](O[C@H]8[C@@H](O)[C@H](O)[C@@H](O[C@H]9[C@H](O)[C@@H](O)[C@@H](O[C@H]%10[C@@H](O)[C@H](O)[C@@H](O[C@H]2[C@H](O)[C@H]3O)O[C@@H]%10CO)O[C@@H]9CO)O[C@@H]8CO)O[C@@H]7CO)O[C@H]6CO)O[C@H]5CO)O[C@H]4CO)cc1. The van der Waals surface area contributed by atoms with E-state index in [1.807, 2.05) is 0 Å². The minimum Gasteiger partial charge on any atom is -0.481 e. The Morgan fingerprint density at radius 2 is 0.439 bits per heavy atom. The third-order valence-corrected chi connectivity index (χ3v) is 19.5. The van der Waals surface area contributed by atoms with Crippen molar-refractivity contribution in [2.45, 2.75) is 257 Å². The van der Waals surface area contributed by atoms with Gasteiger partial charge in [-0.2, -0.15) is 0 Å². The standard InChI is InChI=1S/C56H86O41S/c57-6-16-41-25(66)33(74)49(82-16)91-42-17(7-58)84-51(35(76)27(42)68)93-44-19(9-60)86-53(37(78)29(44)70)95-46-21(11-62)88-55(39(80)31(46)72)97-48-23(13-98-15-3-1-14(2-4-15)5-24(64)65)89-56(40(81)32(48)73)96-47-22(12-63)87-54(38(79)30(47)71)94-45-20(10-61)85-52(36(77)28(45)69)92-43-18(8-59)83-50(90-41)34(75)26(43)67/h1-4,16-23,25-63,66-81H,5-13H2,(H,64,65)/t16-,17-,18+,19-,20+,21-,22+,23-,25-,26-,27+,28-,29-,30-,31+,32-,33-,34-,35+,36-,37-,38-,39+,40-,41-,42-,43-,44-,45-,46-,47-,48-,49-,50-,51-,52-,53-,54-,55-,56-/m1/s1. The van der Waals surface area contributed by atoms with Gasteiger partial charge in [0.15, 0.2) is 50.3 Å². The molecule has 30 fully saturated rings. The number of ether oxygens (including phenoxy) is 16. The second-order valence-electron chi connectivity index (χ2n) is 24.8. The summed E-state index contributed by atoms with van der Waals surface area (Å²) in [6.07, 6.45) is -82.4. The predicted molar refractivity (Wildman–Crippen MR) is 302 cm³/mol. The Labute approximate surface area is 558 Å². The number of rotatable bonds is 12. The lowest BCUT2D eigenvalue weighted by atomic mass is 9.95. The van der Waals surface area contributed by atoms with E-state index in [4.69, 9.17) is 75.8 Å². The van der Waals surface area contributed by atoms with Gasteiger partial charge >= 0.3 is 5.97 Å². The average Bonchev–Trinajstić information content (AvgIpc) is 0.794. The maximum Gasteiger partial charge on any atom is 0.307 e. The molecule has 40 atom stereocenters. The number of carboxylic acids is 1. The predicted octanol–water partition coefficient (Wildman–Crippen LogP) is -15.0. The number of aliphatic carboxylic acids is 1. The highest BCUT2D eigenvalue weighted by atomic mass is 32.2. The first kappa shape index (κ1) is 78.1. The highest BCUT2D eigenvalue weighted by molar-refractivity contribution is 7.99. The lowest BCUT2D eigenvalue weighted by Crippen LogP contribution is -2.69. The van der Waals surface area contributed by atoms with E-state index >= 15 is 0 Å². The van der Waals surface area contributed by atoms with Crippen LogP contribution in [0.2, 0.25) is 0 Å². The normalized spacial score (nSPS) is 50.8. The second-order valence-corrected chi connectivity index (χ2v) is 25.9. The van der Waals surface area contributed by atoms with Crippen molar-refractivity contribution in [2.75, 3.05) is 52.0 Å². The van der Waals surface area contributed by atoms with E-state index in [2.05, 4.69) is 0 Å². The molecule has 42 heteroatoms. The number of hydrogen-bond acceptors (Lipinski definition) is 41. The fourth-order valence-corrected chi connectivity index (χ4v) is 13.9. The van der Waals surface area contributed by atoms with Crippen LogP contribution in [0.3, 0.4) is 0 Å². The molecule has 41 nitrogen and oxygen atoms in total. The molecule has 31 rings (SSSR count). The molecule has 0 aromatic heterocycles. The zero-order valence-corrected chi connectivity index (χ0v) is 52.2. The third kappa shape index (κ3) is 16.2. The molecule has 1 aromatic carbocycles. The molecule has 98 heavy (non-hydrogen) atoms. The Morgan fingerprint density at radius 1 is 0.265 bits per heavy atom. The largest absolute Gasteiger partial charge is 0.481 e. The van der Waals surface area contributed by atoms with Gasteiger partial charge in [-0.25, -0.2) is 0 Å². The minimum absolute atomic E-state index is 0.290. The van der Waals surface area contributed by atoms with Gasteiger partial charge in [0.1, 0.15) is 189 Å². The average molecular weight is 1450 g/mol. The molecule has 24 N–H and O–H groups in total. The van der Waals surface area contributed by atoms with Gasteiger partial charge in [0.2, 0.25) is 0 Å². The summed E-state index contributed by atoms with van der Waals surface area (Å²) in [6.45, 7) is -7.62. The van der Waals surface area contributed by atoms with E-state index in [9.17, 15) is 127 Å². The zero-order valence-electron chi connectivity index (χ0n) is 51.3. The summed E-state index contributed by atoms with van der Waals surface area (Å²) in [5.74, 6) is -1.41. The molecule has 30 aliphatic rings. The van der Waals surface area contributed by atoms with Crippen LogP contribution in [0.15, 0.2) is 29.2 Å². The summed E-state index contributed by atoms with van der Waals surface area (Å²) in [7, 11) is 0. The van der Waals surface area contributed by atoms with Gasteiger partial charge in [0, 0.05) is 10.6 Å². The van der Waals surface area contributed by atoms with E-state index in [-0.39, 0.29) is 12.2 Å². The summed E-state index contributed by atoms with van der Waals surface area (Å²) in [6, 6.07) is 6.08. The van der Waals surface area contributed by atoms with Crippen molar-refractivity contribution in [2.24, 2.45) is 0 Å². The topological polar surface area (TPSA) is 650 Å². The summed E-state index contributed by atoms with van der Waals surface area (Å²) in [5, 5.41) is 268. The Bertz CT molecular complexity index is 2630. The second kappa shape index (κ2) is 33.7. The Kier molecular flexibility index (Phi) is 26.9. The number of carboxylic acid groups (broad SMARTS) is 1. The summed E-state index contributed by atoms with van der Waals surface area (Å²) < 4.78 is 93.0. The van der Waals surface area contributed by atoms with Crippen molar-refractivity contribution < 1.29 is 203 Å². The van der Waals surface area contributed by atoms with E-state index in [0.29, 0.717) is 10.5 Å². The van der Waals surface area contributed by atoms with E-state index < -0.39 is 298 Å². The molecule has 0 aliphatic carbocycles. The van der Waals surface area contributed by atoms with Gasteiger partial charge in [0.25, 0.3) is 0 Å². The number of benzene rings is 1. The number of thioether (sulfide) groups is 1. The van der Waals surface area contributed by atoms with Crippen LogP contribution in [0.4, 0.5) is 0 Å². The molecule has 0 radical (unpaired) electrons. The molecular weight excluding hydrogens is 1360 g/mol. The molecule has 30 saturated heterocycles. The Balaban J connectivity index is 0.930. The molecule has 562 valence electrons. The quantitative estimate of drug-likeness (QED) is 0.0864. The molecule has 30 aliphatic heterocycles. The fourth-order valence-electron chi connectivity index (χ4n) is 12.9. The number of aliphatic hydroxyl groups is 23. The molecule has 0 unspecified atom stereocenters. The summed E-state index contributed by atoms with van der Waals surface area (Å²) in [4.78, 5) is 11.9. The van der Waals surface area contributed by atoms with Gasteiger partial charge in [-0.05, 0) is 17.7 Å². The maximum atomic E-state index is 11.9. The van der Waals surface area contributed by atoms with Crippen LogP contribution < -0.4 is 0 Å². The molecule has 0 amide bonds. The zero-order chi connectivity index (χ0) is 71.0. The molecule has 16 bridgehead atoms. The van der Waals surface area contributed by atoms with Gasteiger partial charge in [-0.1, -0.05) is 12.1 Å². The van der Waals surface area contributed by atoms with E-state index in [1.165, 1.54) is 24.3 Å². The van der Waals surface area contributed by atoms with Crippen molar-refractivity contribution in [3.8, 4) is 0 Å². The summed E-state index contributed by atoms with van der Waals surface area (Å²) >= 11 is 0.999. The first-order chi connectivity index (χ1) is 46.7. The van der Waals surface area contributed by atoms with Crippen molar-refractivity contribution in [1.82, 2.24) is 0 Å². The molecule has 0 saturated carbocycles. The Hall–Kier alpha value is -2.52. The first-order valence-electron chi connectivity index (χ1n) is 31.3. The lowest BCUT2D eigenvalue weighted by Gasteiger charge is -2.50. The molecule has 1 aromatic rings. The van der Waals surface area contributed by atoms with Crippen molar-refractivity contribution in [3.63, 3.8) is 0 Å². The number of aliphatic hydroxyl groups excluding tert-OH is 23.